The fraction of sp³-hybridized carbons (Fsp3) is 0.417. The van der Waals surface area contributed by atoms with Gasteiger partial charge in [0.05, 0.1) is 4.92 Å². The van der Waals surface area contributed by atoms with E-state index in [1.165, 1.54) is 0 Å². The maximum atomic E-state index is 13.7. The zero-order valence-electron chi connectivity index (χ0n) is 11.0. The predicted molar refractivity (Wildman–Crippen MR) is 83.4 cm³/mol. The Morgan fingerprint density at radius 3 is 2.90 bits per heavy atom. The highest BCUT2D eigenvalue weighted by Gasteiger charge is 2.24. The molecule has 3 N–H and O–H groups in total. The molecule has 6 nitrogen and oxygen atoms in total. The van der Waals surface area contributed by atoms with Gasteiger partial charge < -0.3 is 11.1 Å². The van der Waals surface area contributed by atoms with Gasteiger partial charge in [-0.25, -0.2) is 4.39 Å². The molecule has 1 unspecified atom stereocenters. The van der Waals surface area contributed by atoms with Gasteiger partial charge in [0, 0.05) is 35.1 Å². The van der Waals surface area contributed by atoms with Crippen LogP contribution >= 0.6 is 23.5 Å². The summed E-state index contributed by atoms with van der Waals surface area (Å²) in [4.78, 5) is 22.1. The SMILES string of the molecule is Nc1c([N+](=O)[O-])ccc(F)c1C(=O)NCC1CSCCS1. The second-order valence-electron chi connectivity index (χ2n) is 4.39. The van der Waals surface area contributed by atoms with E-state index in [9.17, 15) is 19.3 Å². The lowest BCUT2D eigenvalue weighted by atomic mass is 10.1. The number of halogens is 1. The van der Waals surface area contributed by atoms with Crippen LogP contribution in [0.4, 0.5) is 15.8 Å². The van der Waals surface area contributed by atoms with Crippen LogP contribution in [0.15, 0.2) is 12.1 Å². The van der Waals surface area contributed by atoms with Crippen LogP contribution in [0, 0.1) is 15.9 Å². The molecule has 1 heterocycles. The maximum Gasteiger partial charge on any atom is 0.293 e. The minimum Gasteiger partial charge on any atom is -0.392 e. The lowest BCUT2D eigenvalue weighted by molar-refractivity contribution is -0.384. The molecule has 0 bridgehead atoms. The molecule has 1 fully saturated rings. The second kappa shape index (κ2) is 6.99. The fourth-order valence-corrected chi connectivity index (χ4v) is 4.53. The first-order chi connectivity index (χ1) is 10.0. The Hall–Kier alpha value is -1.48. The standard InChI is InChI=1S/C12H14FN3O3S2/c13-8-1-2-9(16(18)19)11(14)10(8)12(17)15-5-7-6-20-3-4-21-7/h1-2,7H,3-6,14H2,(H,15,17). The number of amides is 1. The van der Waals surface area contributed by atoms with Gasteiger partial charge in [-0.1, -0.05) is 0 Å². The van der Waals surface area contributed by atoms with Crippen molar-refractivity contribution in [1.82, 2.24) is 5.32 Å². The van der Waals surface area contributed by atoms with Crippen LogP contribution in [0.3, 0.4) is 0 Å². The molecular weight excluding hydrogens is 317 g/mol. The highest BCUT2D eigenvalue weighted by atomic mass is 32.2. The Kier molecular flexibility index (Phi) is 5.29. The normalized spacial score (nSPS) is 18.2. The Balaban J connectivity index is 2.11. The van der Waals surface area contributed by atoms with E-state index < -0.39 is 33.6 Å². The summed E-state index contributed by atoms with van der Waals surface area (Å²) >= 11 is 3.55. The van der Waals surface area contributed by atoms with Crippen molar-refractivity contribution in [3.05, 3.63) is 33.6 Å². The molecule has 0 aliphatic carbocycles. The summed E-state index contributed by atoms with van der Waals surface area (Å²) in [5.74, 6) is 1.43. The number of nitro benzene ring substituents is 1. The van der Waals surface area contributed by atoms with Gasteiger partial charge in [0.2, 0.25) is 0 Å². The molecule has 0 radical (unpaired) electrons. The zero-order chi connectivity index (χ0) is 15.4. The number of benzene rings is 1. The van der Waals surface area contributed by atoms with E-state index in [4.69, 9.17) is 5.73 Å². The van der Waals surface area contributed by atoms with Gasteiger partial charge in [-0.3, -0.25) is 14.9 Å². The van der Waals surface area contributed by atoms with E-state index in [1.807, 2.05) is 0 Å². The largest absolute Gasteiger partial charge is 0.392 e. The number of thioether (sulfide) groups is 2. The number of carbonyl (C=O) groups is 1. The van der Waals surface area contributed by atoms with Gasteiger partial charge in [-0.05, 0) is 6.07 Å². The van der Waals surface area contributed by atoms with Crippen LogP contribution in [0.5, 0.6) is 0 Å². The number of nitrogen functional groups attached to an aromatic ring is 1. The van der Waals surface area contributed by atoms with Gasteiger partial charge in [0.15, 0.2) is 0 Å². The third-order valence-electron chi connectivity index (χ3n) is 2.97. The molecule has 0 aromatic heterocycles. The van der Waals surface area contributed by atoms with Crippen LogP contribution in [0.25, 0.3) is 0 Å². The summed E-state index contributed by atoms with van der Waals surface area (Å²) in [6, 6.07) is 1.84. The fourth-order valence-electron chi connectivity index (χ4n) is 1.92. The van der Waals surface area contributed by atoms with E-state index in [0.29, 0.717) is 6.54 Å². The van der Waals surface area contributed by atoms with Crippen LogP contribution < -0.4 is 11.1 Å². The van der Waals surface area contributed by atoms with Crippen LogP contribution in [-0.2, 0) is 0 Å². The first kappa shape index (κ1) is 15.9. The molecule has 1 amide bonds. The Labute approximate surface area is 129 Å². The van der Waals surface area contributed by atoms with Gasteiger partial charge in [0.25, 0.3) is 11.6 Å². The Morgan fingerprint density at radius 2 is 2.29 bits per heavy atom. The molecule has 114 valence electrons. The van der Waals surface area contributed by atoms with E-state index in [0.717, 1.165) is 29.4 Å². The zero-order valence-corrected chi connectivity index (χ0v) is 12.6. The molecular formula is C12H14FN3O3S2. The average molecular weight is 331 g/mol. The quantitative estimate of drug-likeness (QED) is 0.497. The van der Waals surface area contributed by atoms with Crippen molar-refractivity contribution in [2.24, 2.45) is 0 Å². The van der Waals surface area contributed by atoms with Gasteiger partial charge in [-0.15, -0.1) is 0 Å². The van der Waals surface area contributed by atoms with Crippen molar-refractivity contribution in [2.75, 3.05) is 29.5 Å². The molecule has 21 heavy (non-hydrogen) atoms. The molecule has 1 saturated heterocycles. The van der Waals surface area contributed by atoms with Crippen molar-refractivity contribution in [3.63, 3.8) is 0 Å². The lowest BCUT2D eigenvalue weighted by Gasteiger charge is -2.21. The average Bonchev–Trinajstić information content (AvgIpc) is 2.46. The number of nitrogens with one attached hydrogen (secondary N) is 1. The number of nitro groups is 1. The summed E-state index contributed by atoms with van der Waals surface area (Å²) in [7, 11) is 0. The lowest BCUT2D eigenvalue weighted by Crippen LogP contribution is -2.34. The van der Waals surface area contributed by atoms with E-state index in [1.54, 1.807) is 23.5 Å². The first-order valence-corrected chi connectivity index (χ1v) is 8.41. The third kappa shape index (κ3) is 3.79. The van der Waals surface area contributed by atoms with E-state index in [2.05, 4.69) is 5.32 Å². The highest BCUT2D eigenvalue weighted by Crippen LogP contribution is 2.28. The molecule has 1 aromatic carbocycles. The van der Waals surface area contributed by atoms with Crippen LogP contribution in [0.2, 0.25) is 0 Å². The number of carbonyl (C=O) groups excluding carboxylic acids is 1. The molecule has 1 aliphatic heterocycles. The number of anilines is 1. The molecule has 2 rings (SSSR count). The summed E-state index contributed by atoms with van der Waals surface area (Å²) in [5.41, 5.74) is 4.17. The van der Waals surface area contributed by atoms with Crippen molar-refractivity contribution >= 4 is 40.8 Å². The number of hydrogen-bond donors (Lipinski definition) is 2. The maximum absolute atomic E-state index is 13.7. The monoisotopic (exact) mass is 331 g/mol. The molecule has 1 aliphatic rings. The Morgan fingerprint density at radius 1 is 1.52 bits per heavy atom. The van der Waals surface area contributed by atoms with Crippen molar-refractivity contribution in [2.45, 2.75) is 5.25 Å². The van der Waals surface area contributed by atoms with E-state index in [-0.39, 0.29) is 5.25 Å². The van der Waals surface area contributed by atoms with Gasteiger partial charge in [0.1, 0.15) is 17.1 Å². The smallest absolute Gasteiger partial charge is 0.293 e. The summed E-state index contributed by atoms with van der Waals surface area (Å²) in [5, 5.41) is 13.6. The van der Waals surface area contributed by atoms with Crippen LogP contribution in [-0.4, -0.2) is 39.9 Å². The Bertz CT molecular complexity index is 565. The van der Waals surface area contributed by atoms with Gasteiger partial charge >= 0.3 is 0 Å². The highest BCUT2D eigenvalue weighted by molar-refractivity contribution is 8.06. The van der Waals surface area contributed by atoms with Crippen molar-refractivity contribution in [1.29, 1.82) is 0 Å². The molecule has 0 spiro atoms. The minimum absolute atomic E-state index is 0.260. The van der Waals surface area contributed by atoms with Crippen molar-refractivity contribution in [3.8, 4) is 0 Å². The molecule has 9 heteroatoms. The number of nitrogens with two attached hydrogens (primary N) is 1. The first-order valence-electron chi connectivity index (χ1n) is 6.20. The molecule has 0 saturated carbocycles. The summed E-state index contributed by atoms with van der Waals surface area (Å²) in [6.45, 7) is 0.387. The van der Waals surface area contributed by atoms with Crippen LogP contribution in [0.1, 0.15) is 10.4 Å². The predicted octanol–water partition coefficient (Wildman–Crippen LogP) is 1.89. The minimum atomic E-state index is -0.860. The number of hydrogen-bond acceptors (Lipinski definition) is 6. The summed E-state index contributed by atoms with van der Waals surface area (Å²) < 4.78 is 13.7. The molecule has 1 aromatic rings. The van der Waals surface area contributed by atoms with Gasteiger partial charge in [-0.2, -0.15) is 23.5 Å². The second-order valence-corrected chi connectivity index (χ2v) is 6.95. The number of rotatable bonds is 4. The number of nitrogens with zero attached hydrogens (tertiary/aromatic N) is 1. The van der Waals surface area contributed by atoms with Crippen molar-refractivity contribution < 1.29 is 14.1 Å². The summed E-state index contributed by atoms with van der Waals surface area (Å²) in [6.07, 6.45) is 0. The third-order valence-corrected chi connectivity index (χ3v) is 5.82. The molecule has 1 atom stereocenters. The van der Waals surface area contributed by atoms with E-state index >= 15 is 0 Å². The topological polar surface area (TPSA) is 98.3 Å².